The number of rotatable bonds is 15. The molecule has 9 aromatic rings. The molecule has 1 aliphatic carbocycles. The van der Waals surface area contributed by atoms with E-state index in [1.807, 2.05) is 0 Å². The van der Waals surface area contributed by atoms with E-state index in [9.17, 15) is 172 Å². The smallest absolute Gasteiger partial charge is 0.342 e. The first-order valence-corrected chi connectivity index (χ1v) is 37.5. The molecule has 15 rings (SSSR count). The monoisotopic (exact) mass is 1890 g/mol. The highest BCUT2D eigenvalue weighted by Crippen LogP contribution is 2.61. The van der Waals surface area contributed by atoms with Crippen LogP contribution in [0.1, 0.15) is 105 Å². The molecule has 0 amide bonds. The highest BCUT2D eigenvalue weighted by molar-refractivity contribution is 6.11. The third-order valence-electron chi connectivity index (χ3n) is 21.3. The van der Waals surface area contributed by atoms with Gasteiger partial charge in [-0.2, -0.15) is 0 Å². The number of aliphatic hydroxyl groups is 3. The molecule has 0 radical (unpaired) electrons. The molecule has 5 heterocycles. The van der Waals surface area contributed by atoms with Gasteiger partial charge in [0, 0.05) is 22.8 Å². The van der Waals surface area contributed by atoms with Crippen LogP contribution in [0.3, 0.4) is 0 Å². The molecule has 53 nitrogen and oxygen atoms in total. The summed E-state index contributed by atoms with van der Waals surface area (Å²) in [5.41, 5.74) is -16.8. The number of aromatic hydroxyl groups is 25. The van der Waals surface area contributed by atoms with Crippen LogP contribution in [0.25, 0.3) is 11.1 Å². The number of carbonyl (C=O) groups is 11. The molecular weight excluding hydrogens is 1830 g/mol. The topological polar surface area (TPSA) is 883 Å². The molecule has 2 saturated heterocycles. The van der Waals surface area contributed by atoms with Crippen LogP contribution in [0.2, 0.25) is 0 Å². The maximum absolute atomic E-state index is 15.7. The van der Waals surface area contributed by atoms with E-state index in [0.717, 1.165) is 0 Å². The molecule has 6 bridgehead atoms. The van der Waals surface area contributed by atoms with Crippen LogP contribution >= 0.6 is 0 Å². The predicted octanol–water partition coefficient (Wildman–Crippen LogP) is 0.985. The van der Waals surface area contributed by atoms with Gasteiger partial charge in [0.2, 0.25) is 59.3 Å². The van der Waals surface area contributed by atoms with E-state index in [0.29, 0.717) is 66.7 Å². The minimum atomic E-state index is -4.21. The summed E-state index contributed by atoms with van der Waals surface area (Å²) in [6.45, 7) is -3.23. The molecule has 0 aromatic heterocycles. The second-order valence-electron chi connectivity index (χ2n) is 29.6. The first-order valence-electron chi connectivity index (χ1n) is 37.5. The quantitative estimate of drug-likeness (QED) is 0.0294. The number of carbonyl (C=O) groups excluding carboxylic acids is 11. The standard InChI is InChI=1S/C82H58O53/c83-28-1-18(2-29(84)49(28)98)69(109)122-16-42-62(127-70(110)19-3-30(85)50(99)31(86)4-19)65(129-71(111)20-5-32(87)51(100)33(88)6-20)67(79(124-42)133-72(112)21-7-34(89)52(101)35(90)8-21)132-78(118)27-14-39(94)55(104)59(108)60(27)126-61-41(96)13-23-46(58(61)107)45-24(11-38(93)54(103)57(45)106)75(115)130-66-63-43(17-123-74(23)114)125-80(134-73(113)22-9-36(91)53(102)37(92)10-22)68(66)131-77(117)26-15-44(97)82(121)81(119,120)48(26)47-25(76(116)128-63)12-40(95)56(105)64(47)135-82/h1-15,42-43,48,62-63,65-68,79-80,83-96,98-108,119-121H,16-17H2. The number of ketones is 1. The SMILES string of the molecule is O=C1OC2C(OC(=O)c3cc(O)c(O)c(O)c3)OC3COC(=O)c4cc(O)c(Oc5c(C(=O)OC6C(OC(=O)c7cc(O)c(O)c(O)c7)OC(COC(=O)c7cc(O)c(O)c(O)c7)C(OC(=O)c7cc(O)c(O)c(O)c7)C6OC(=O)c6cc(O)c(O)c(O)c6)cc(O)c(O)c5O)c(O)c4-c4c(cc(O)c(O)c4O)C(=O)OC2C3OC(=O)c2cc(O)c(O)c3c2C2C1=CC(=O)C(O)(O3)C2(O)O. The van der Waals surface area contributed by atoms with Gasteiger partial charge in [0.05, 0.1) is 56.0 Å². The maximum atomic E-state index is 15.7. The molecule has 2 fully saturated rings. The van der Waals surface area contributed by atoms with Crippen molar-refractivity contribution in [1.82, 2.24) is 0 Å². The Balaban J connectivity index is 0.873. The number of fused-ring (bicyclic) bond motifs is 4. The number of hydrogen-bond acceptors (Lipinski definition) is 53. The normalized spacial score (nSPS) is 21.8. The Morgan fingerprint density at radius 1 is 0.348 bits per heavy atom. The van der Waals surface area contributed by atoms with Gasteiger partial charge >= 0.3 is 65.5 Å². The lowest BCUT2D eigenvalue weighted by molar-refractivity contribution is -0.339. The van der Waals surface area contributed by atoms with E-state index >= 15 is 24.0 Å². The Morgan fingerprint density at radius 3 is 1.25 bits per heavy atom. The summed E-state index contributed by atoms with van der Waals surface area (Å²) in [6, 6.07) is 4.55. The van der Waals surface area contributed by atoms with Crippen LogP contribution in [-0.4, -0.2) is 295 Å². The molecular formula is C82H58O53. The predicted molar refractivity (Wildman–Crippen MR) is 412 cm³/mol. The molecule has 53 heteroatoms. The van der Waals surface area contributed by atoms with Crippen LogP contribution in [-0.2, 0) is 66.4 Å². The largest absolute Gasteiger partial charge is 0.504 e. The van der Waals surface area contributed by atoms with Crippen molar-refractivity contribution < 1.29 is 262 Å². The average Bonchev–Trinajstić information content (AvgIpc) is 1.04. The fourth-order valence-electron chi connectivity index (χ4n) is 14.7. The van der Waals surface area contributed by atoms with Crippen molar-refractivity contribution in [3.8, 4) is 172 Å². The Morgan fingerprint density at radius 2 is 0.741 bits per heavy atom. The van der Waals surface area contributed by atoms with Gasteiger partial charge in [-0.1, -0.05) is 0 Å². The number of benzene rings is 9. The highest BCUT2D eigenvalue weighted by atomic mass is 16.8. The fourth-order valence-corrected chi connectivity index (χ4v) is 14.7. The van der Waals surface area contributed by atoms with E-state index in [1.54, 1.807) is 0 Å². The summed E-state index contributed by atoms with van der Waals surface area (Å²) in [5.74, 6) is -75.0. The number of cyclic esters (lactones) is 1. The molecule has 28 N–H and O–H groups in total. The second kappa shape index (κ2) is 33.2. The van der Waals surface area contributed by atoms with Crippen LogP contribution < -0.4 is 9.47 Å². The summed E-state index contributed by atoms with van der Waals surface area (Å²) in [7, 11) is 0. The van der Waals surface area contributed by atoms with Crippen molar-refractivity contribution in [3.05, 3.63) is 152 Å². The summed E-state index contributed by atoms with van der Waals surface area (Å²) >= 11 is 0. The zero-order valence-electron chi connectivity index (χ0n) is 66.2. The lowest BCUT2D eigenvalue weighted by Gasteiger charge is -2.49. The van der Waals surface area contributed by atoms with Crippen molar-refractivity contribution in [1.29, 1.82) is 0 Å². The zero-order valence-corrected chi connectivity index (χ0v) is 66.2. The van der Waals surface area contributed by atoms with E-state index in [2.05, 4.69) is 0 Å². The molecule has 6 aliphatic rings. The fraction of sp³-hybridized carbons (Fsp3) is 0.183. The first kappa shape index (κ1) is 91.2. The highest BCUT2D eigenvalue weighted by Gasteiger charge is 2.71. The number of phenolic OH excluding ortho intramolecular Hbond substituents is 25. The molecule has 135 heavy (non-hydrogen) atoms. The Bertz CT molecular complexity index is 6630. The lowest BCUT2D eigenvalue weighted by Crippen LogP contribution is -2.70. The molecule has 5 aliphatic heterocycles. The van der Waals surface area contributed by atoms with Crippen molar-refractivity contribution >= 4 is 65.5 Å². The summed E-state index contributed by atoms with van der Waals surface area (Å²) in [6.07, 6.45) is -28.7. The summed E-state index contributed by atoms with van der Waals surface area (Å²) < 4.78 is 79.6. The van der Waals surface area contributed by atoms with Gasteiger partial charge in [-0.3, -0.25) is 4.79 Å². The van der Waals surface area contributed by atoms with Crippen LogP contribution in [0.5, 0.6) is 161 Å². The minimum absolute atomic E-state index is 0.0283. The van der Waals surface area contributed by atoms with Gasteiger partial charge in [-0.15, -0.1) is 0 Å². The second-order valence-corrected chi connectivity index (χ2v) is 29.6. The Hall–Kier alpha value is -18.5. The van der Waals surface area contributed by atoms with Gasteiger partial charge in [0.1, 0.15) is 31.0 Å². The van der Waals surface area contributed by atoms with E-state index < -0.39 is 391 Å². The van der Waals surface area contributed by atoms with Crippen LogP contribution in [0, 0.1) is 0 Å². The van der Waals surface area contributed by atoms with Gasteiger partial charge in [0.15, 0.2) is 157 Å². The molecule has 704 valence electrons. The van der Waals surface area contributed by atoms with Gasteiger partial charge in [0.25, 0.3) is 5.79 Å². The third kappa shape index (κ3) is 15.5. The number of hydrogen-bond donors (Lipinski definition) is 28. The van der Waals surface area contributed by atoms with Gasteiger partial charge in [-0.25, -0.2) is 47.9 Å². The average molecular weight is 1890 g/mol. The number of phenols is 25. The van der Waals surface area contributed by atoms with Gasteiger partial charge in [-0.05, 0) is 84.9 Å². The van der Waals surface area contributed by atoms with E-state index in [1.165, 1.54) is 0 Å². The van der Waals surface area contributed by atoms with Crippen molar-refractivity contribution in [2.75, 3.05) is 13.2 Å². The number of ether oxygens (including phenoxy) is 14. The Labute approximate surface area is 741 Å². The molecule has 12 atom stereocenters. The van der Waals surface area contributed by atoms with Crippen molar-refractivity contribution in [2.45, 2.75) is 78.9 Å². The lowest BCUT2D eigenvalue weighted by atomic mass is 9.70. The summed E-state index contributed by atoms with van der Waals surface area (Å²) in [5, 5.41) is 308. The van der Waals surface area contributed by atoms with Crippen molar-refractivity contribution in [2.24, 2.45) is 0 Å². The zero-order chi connectivity index (χ0) is 98.3. The molecule has 0 saturated carbocycles. The minimum Gasteiger partial charge on any atom is -0.504 e. The van der Waals surface area contributed by atoms with Crippen LogP contribution in [0.15, 0.2) is 96.6 Å². The molecule has 12 unspecified atom stereocenters. The third-order valence-corrected chi connectivity index (χ3v) is 21.3. The Kier molecular flexibility index (Phi) is 22.4. The summed E-state index contributed by atoms with van der Waals surface area (Å²) in [4.78, 5) is 163. The molecule has 0 spiro atoms. The van der Waals surface area contributed by atoms with Crippen molar-refractivity contribution in [3.63, 3.8) is 0 Å². The number of esters is 10. The van der Waals surface area contributed by atoms with E-state index in [-0.39, 0.29) is 24.3 Å². The van der Waals surface area contributed by atoms with E-state index in [4.69, 9.17) is 66.3 Å². The maximum Gasteiger partial charge on any atom is 0.342 e. The van der Waals surface area contributed by atoms with Crippen LogP contribution in [0.4, 0.5) is 0 Å². The molecule has 9 aromatic carbocycles. The first-order chi connectivity index (χ1) is 63.4. The van der Waals surface area contributed by atoms with Gasteiger partial charge < -0.3 is 209 Å².